The molecule has 0 atom stereocenters. The lowest BCUT2D eigenvalue weighted by Crippen LogP contribution is -1.76. The third-order valence-corrected chi connectivity index (χ3v) is 2.44. The summed E-state index contributed by atoms with van der Waals surface area (Å²) in [5, 5.41) is 0.545. The Kier molecular flexibility index (Phi) is 2.11. The van der Waals surface area contributed by atoms with Crippen molar-refractivity contribution in [1.29, 1.82) is 0 Å². The maximum absolute atomic E-state index is 5.82. The van der Waals surface area contributed by atoms with Crippen LogP contribution >= 0.6 is 11.6 Å². The second-order valence-corrected chi connectivity index (χ2v) is 3.80. The van der Waals surface area contributed by atoms with Gasteiger partial charge in [-0.3, -0.25) is 0 Å². The van der Waals surface area contributed by atoms with Crippen molar-refractivity contribution in [2.75, 3.05) is 0 Å². The molecule has 4 heteroatoms. The molecule has 0 fully saturated rings. The SMILES string of the molecule is Clc1cnc2nc(-c3ccccc3)oc2c1. The molecule has 2 aromatic heterocycles. The van der Waals surface area contributed by atoms with Crippen molar-refractivity contribution in [3.05, 3.63) is 47.6 Å². The zero-order valence-electron chi connectivity index (χ0n) is 8.22. The van der Waals surface area contributed by atoms with Crippen LogP contribution in [0.5, 0.6) is 0 Å². The highest BCUT2D eigenvalue weighted by Gasteiger charge is 2.08. The van der Waals surface area contributed by atoms with Crippen molar-refractivity contribution < 1.29 is 4.42 Å². The van der Waals surface area contributed by atoms with Crippen LogP contribution in [-0.4, -0.2) is 9.97 Å². The van der Waals surface area contributed by atoms with Gasteiger partial charge in [-0.15, -0.1) is 0 Å². The molecule has 0 saturated carbocycles. The summed E-state index contributed by atoms with van der Waals surface area (Å²) in [6.07, 6.45) is 1.56. The van der Waals surface area contributed by atoms with Gasteiger partial charge in [-0.1, -0.05) is 29.8 Å². The highest BCUT2D eigenvalue weighted by Crippen LogP contribution is 2.24. The second-order valence-electron chi connectivity index (χ2n) is 3.36. The first kappa shape index (κ1) is 9.36. The van der Waals surface area contributed by atoms with E-state index in [9.17, 15) is 0 Å². The topological polar surface area (TPSA) is 38.9 Å². The van der Waals surface area contributed by atoms with Crippen LogP contribution in [0.4, 0.5) is 0 Å². The van der Waals surface area contributed by atoms with Crippen molar-refractivity contribution in [3.63, 3.8) is 0 Å². The zero-order chi connectivity index (χ0) is 11.0. The van der Waals surface area contributed by atoms with Gasteiger partial charge >= 0.3 is 0 Å². The highest BCUT2D eigenvalue weighted by atomic mass is 35.5. The number of pyridine rings is 1. The first-order chi connectivity index (χ1) is 7.83. The molecule has 1 aromatic carbocycles. The number of oxazole rings is 1. The Morgan fingerprint density at radius 3 is 2.75 bits per heavy atom. The van der Waals surface area contributed by atoms with Crippen LogP contribution in [0.2, 0.25) is 5.02 Å². The number of hydrogen-bond acceptors (Lipinski definition) is 3. The lowest BCUT2D eigenvalue weighted by Gasteiger charge is -1.91. The predicted octanol–water partition coefficient (Wildman–Crippen LogP) is 3.54. The lowest BCUT2D eigenvalue weighted by molar-refractivity contribution is 0.619. The summed E-state index contributed by atoms with van der Waals surface area (Å²) in [5.41, 5.74) is 2.10. The van der Waals surface area contributed by atoms with E-state index in [1.807, 2.05) is 30.3 Å². The number of benzene rings is 1. The summed E-state index contributed by atoms with van der Waals surface area (Å²) in [4.78, 5) is 8.38. The van der Waals surface area contributed by atoms with Crippen LogP contribution in [0.15, 0.2) is 47.0 Å². The second kappa shape index (κ2) is 3.61. The van der Waals surface area contributed by atoms with E-state index in [1.165, 1.54) is 0 Å². The zero-order valence-corrected chi connectivity index (χ0v) is 8.98. The molecular formula is C12H7ClN2O. The molecular weight excluding hydrogens is 224 g/mol. The average Bonchev–Trinajstić information content (AvgIpc) is 2.73. The van der Waals surface area contributed by atoms with E-state index in [0.29, 0.717) is 22.1 Å². The summed E-state index contributed by atoms with van der Waals surface area (Å²) < 4.78 is 5.58. The van der Waals surface area contributed by atoms with Gasteiger partial charge in [-0.25, -0.2) is 4.98 Å². The summed E-state index contributed by atoms with van der Waals surface area (Å²) >= 11 is 5.82. The molecule has 0 saturated heterocycles. The molecule has 0 aliphatic carbocycles. The molecule has 0 unspecified atom stereocenters. The minimum atomic E-state index is 0.545. The molecule has 0 N–H and O–H groups in total. The molecule has 2 heterocycles. The summed E-state index contributed by atoms with van der Waals surface area (Å²) in [7, 11) is 0. The van der Waals surface area contributed by atoms with E-state index in [-0.39, 0.29) is 0 Å². The Bertz CT molecular complexity index is 634. The van der Waals surface area contributed by atoms with Crippen molar-refractivity contribution in [1.82, 2.24) is 9.97 Å². The van der Waals surface area contributed by atoms with Gasteiger partial charge in [0, 0.05) is 17.8 Å². The normalized spacial score (nSPS) is 10.8. The van der Waals surface area contributed by atoms with Gasteiger partial charge in [0.15, 0.2) is 11.2 Å². The fraction of sp³-hybridized carbons (Fsp3) is 0. The molecule has 0 radical (unpaired) electrons. The van der Waals surface area contributed by atoms with Crippen LogP contribution in [0.25, 0.3) is 22.7 Å². The predicted molar refractivity (Wildman–Crippen MR) is 62.3 cm³/mol. The third kappa shape index (κ3) is 1.55. The van der Waals surface area contributed by atoms with Gasteiger partial charge in [0.1, 0.15) is 0 Å². The van der Waals surface area contributed by atoms with E-state index < -0.39 is 0 Å². The molecule has 0 bridgehead atoms. The smallest absolute Gasteiger partial charge is 0.228 e. The first-order valence-corrected chi connectivity index (χ1v) is 5.18. The van der Waals surface area contributed by atoms with E-state index in [4.69, 9.17) is 16.0 Å². The Morgan fingerprint density at radius 1 is 1.12 bits per heavy atom. The van der Waals surface area contributed by atoms with Crippen LogP contribution in [0, 0.1) is 0 Å². The Labute approximate surface area is 96.7 Å². The lowest BCUT2D eigenvalue weighted by atomic mass is 10.2. The molecule has 78 valence electrons. The van der Waals surface area contributed by atoms with E-state index >= 15 is 0 Å². The van der Waals surface area contributed by atoms with Crippen LogP contribution in [0.1, 0.15) is 0 Å². The minimum absolute atomic E-state index is 0.545. The quantitative estimate of drug-likeness (QED) is 0.642. The number of nitrogens with zero attached hydrogens (tertiary/aromatic N) is 2. The molecule has 0 spiro atoms. The van der Waals surface area contributed by atoms with Gasteiger partial charge in [0.05, 0.1) is 5.02 Å². The average molecular weight is 231 g/mol. The number of fused-ring (bicyclic) bond motifs is 1. The van der Waals surface area contributed by atoms with E-state index in [1.54, 1.807) is 12.3 Å². The van der Waals surface area contributed by atoms with Crippen molar-refractivity contribution in [3.8, 4) is 11.5 Å². The molecule has 0 amide bonds. The van der Waals surface area contributed by atoms with Gasteiger partial charge < -0.3 is 4.42 Å². The summed E-state index contributed by atoms with van der Waals surface area (Å²) in [5.74, 6) is 0.561. The first-order valence-electron chi connectivity index (χ1n) is 4.80. The fourth-order valence-electron chi connectivity index (χ4n) is 1.50. The van der Waals surface area contributed by atoms with E-state index in [0.717, 1.165) is 5.56 Å². The van der Waals surface area contributed by atoms with Crippen LogP contribution in [0.3, 0.4) is 0 Å². The van der Waals surface area contributed by atoms with Crippen LogP contribution < -0.4 is 0 Å². The largest absolute Gasteiger partial charge is 0.434 e. The highest BCUT2D eigenvalue weighted by molar-refractivity contribution is 6.30. The van der Waals surface area contributed by atoms with Crippen molar-refractivity contribution >= 4 is 22.8 Å². The molecule has 16 heavy (non-hydrogen) atoms. The summed E-state index contributed by atoms with van der Waals surface area (Å²) in [6.45, 7) is 0. The Hall–Kier alpha value is -1.87. The van der Waals surface area contributed by atoms with E-state index in [2.05, 4.69) is 9.97 Å². The van der Waals surface area contributed by atoms with Gasteiger partial charge in [0.2, 0.25) is 5.89 Å². The molecule has 3 rings (SSSR count). The van der Waals surface area contributed by atoms with Gasteiger partial charge in [0.25, 0.3) is 0 Å². The Balaban J connectivity index is 2.19. The minimum Gasteiger partial charge on any atom is -0.434 e. The maximum atomic E-state index is 5.82. The number of rotatable bonds is 1. The fourth-order valence-corrected chi connectivity index (χ4v) is 1.65. The number of aromatic nitrogens is 2. The van der Waals surface area contributed by atoms with Gasteiger partial charge in [-0.2, -0.15) is 4.98 Å². The number of hydrogen-bond donors (Lipinski definition) is 0. The van der Waals surface area contributed by atoms with Crippen molar-refractivity contribution in [2.45, 2.75) is 0 Å². The molecule has 3 aromatic rings. The molecule has 3 nitrogen and oxygen atoms in total. The monoisotopic (exact) mass is 230 g/mol. The van der Waals surface area contributed by atoms with Crippen molar-refractivity contribution in [2.24, 2.45) is 0 Å². The van der Waals surface area contributed by atoms with Crippen LogP contribution in [-0.2, 0) is 0 Å². The maximum Gasteiger partial charge on any atom is 0.228 e. The third-order valence-electron chi connectivity index (χ3n) is 2.23. The standard InChI is InChI=1S/C12H7ClN2O/c13-9-6-10-11(14-7-9)15-12(16-10)8-4-2-1-3-5-8/h1-7H. The summed E-state index contributed by atoms with van der Waals surface area (Å²) in [6, 6.07) is 11.4. The molecule has 0 aliphatic rings. The molecule has 0 aliphatic heterocycles. The Morgan fingerprint density at radius 2 is 1.94 bits per heavy atom. The number of halogens is 1. The van der Waals surface area contributed by atoms with Gasteiger partial charge in [-0.05, 0) is 12.1 Å².